The first-order chi connectivity index (χ1) is 8.16. The Morgan fingerprint density at radius 1 is 1.18 bits per heavy atom. The number of benzene rings is 1. The molecule has 1 aliphatic carbocycles. The SMILES string of the molecule is CNC(c1c(OC)cccc1OC)C1(C)CC1. The third-order valence-corrected chi connectivity index (χ3v) is 3.78. The Morgan fingerprint density at radius 3 is 2.06 bits per heavy atom. The second kappa shape index (κ2) is 4.57. The van der Waals surface area contributed by atoms with E-state index in [4.69, 9.17) is 9.47 Å². The zero-order chi connectivity index (χ0) is 12.5. The molecule has 1 saturated carbocycles. The fraction of sp³-hybridized carbons (Fsp3) is 0.571. The second-order valence-electron chi connectivity index (χ2n) is 4.95. The third kappa shape index (κ3) is 2.12. The van der Waals surface area contributed by atoms with Gasteiger partial charge >= 0.3 is 0 Å². The number of rotatable bonds is 5. The highest BCUT2D eigenvalue weighted by Gasteiger charge is 2.46. The normalized spacial score (nSPS) is 18.6. The van der Waals surface area contributed by atoms with Crippen LogP contribution in [0, 0.1) is 5.41 Å². The molecule has 0 aromatic heterocycles. The standard InChI is InChI=1S/C14H21NO2/c1-14(8-9-14)13(15-2)12-10(16-3)6-5-7-11(12)17-4/h5-7,13,15H,8-9H2,1-4H3. The Kier molecular flexibility index (Phi) is 3.29. The van der Waals surface area contributed by atoms with E-state index in [9.17, 15) is 0 Å². The minimum atomic E-state index is 0.286. The average Bonchev–Trinajstić information content (AvgIpc) is 3.09. The summed E-state index contributed by atoms with van der Waals surface area (Å²) >= 11 is 0. The molecule has 2 rings (SSSR count). The molecule has 1 atom stereocenters. The maximum atomic E-state index is 5.47. The molecule has 0 spiro atoms. The van der Waals surface area contributed by atoms with Crippen LogP contribution in [0.3, 0.4) is 0 Å². The molecule has 1 aromatic carbocycles. The van der Waals surface area contributed by atoms with Gasteiger partial charge in [-0.05, 0) is 37.4 Å². The molecule has 1 aliphatic rings. The maximum Gasteiger partial charge on any atom is 0.127 e. The van der Waals surface area contributed by atoms with Crippen molar-refractivity contribution >= 4 is 0 Å². The first kappa shape index (κ1) is 12.2. The molecule has 0 amide bonds. The molecule has 1 fully saturated rings. The lowest BCUT2D eigenvalue weighted by atomic mass is 9.90. The van der Waals surface area contributed by atoms with Gasteiger partial charge in [0.05, 0.1) is 19.8 Å². The number of nitrogens with one attached hydrogen (secondary N) is 1. The van der Waals surface area contributed by atoms with Crippen LogP contribution in [0.2, 0.25) is 0 Å². The second-order valence-corrected chi connectivity index (χ2v) is 4.95. The molecule has 0 aliphatic heterocycles. The minimum Gasteiger partial charge on any atom is -0.496 e. The van der Waals surface area contributed by atoms with E-state index in [0.29, 0.717) is 5.41 Å². The van der Waals surface area contributed by atoms with E-state index < -0.39 is 0 Å². The van der Waals surface area contributed by atoms with Crippen molar-refractivity contribution in [3.8, 4) is 11.5 Å². The van der Waals surface area contributed by atoms with Gasteiger partial charge in [0.1, 0.15) is 11.5 Å². The quantitative estimate of drug-likeness (QED) is 0.851. The van der Waals surface area contributed by atoms with Gasteiger partial charge in [-0.3, -0.25) is 0 Å². The van der Waals surface area contributed by atoms with Crippen LogP contribution >= 0.6 is 0 Å². The van der Waals surface area contributed by atoms with Gasteiger partial charge in [-0.1, -0.05) is 13.0 Å². The molecule has 94 valence electrons. The van der Waals surface area contributed by atoms with E-state index in [1.165, 1.54) is 12.8 Å². The summed E-state index contributed by atoms with van der Waals surface area (Å²) in [6.07, 6.45) is 2.50. The smallest absolute Gasteiger partial charge is 0.127 e. The average molecular weight is 235 g/mol. The number of methoxy groups -OCH3 is 2. The zero-order valence-corrected chi connectivity index (χ0v) is 11.0. The highest BCUT2D eigenvalue weighted by molar-refractivity contribution is 5.48. The summed E-state index contributed by atoms with van der Waals surface area (Å²) in [6, 6.07) is 6.24. The lowest BCUT2D eigenvalue weighted by Crippen LogP contribution is -2.25. The molecule has 3 nitrogen and oxygen atoms in total. The van der Waals surface area contributed by atoms with Gasteiger partial charge < -0.3 is 14.8 Å². The highest BCUT2D eigenvalue weighted by atomic mass is 16.5. The van der Waals surface area contributed by atoms with Crippen molar-refractivity contribution in [3.05, 3.63) is 23.8 Å². The Balaban J connectivity index is 2.47. The summed E-state index contributed by atoms with van der Waals surface area (Å²) in [4.78, 5) is 0. The van der Waals surface area contributed by atoms with E-state index in [1.807, 2.05) is 25.2 Å². The first-order valence-electron chi connectivity index (χ1n) is 6.04. The van der Waals surface area contributed by atoms with Crippen molar-refractivity contribution in [3.63, 3.8) is 0 Å². The molecule has 1 unspecified atom stereocenters. The van der Waals surface area contributed by atoms with Gasteiger partial charge in [-0.2, -0.15) is 0 Å². The van der Waals surface area contributed by atoms with Crippen LogP contribution < -0.4 is 14.8 Å². The summed E-state index contributed by atoms with van der Waals surface area (Å²) in [6.45, 7) is 2.31. The molecule has 0 saturated heterocycles. The predicted octanol–water partition coefficient (Wildman–Crippen LogP) is 2.76. The van der Waals surface area contributed by atoms with Crippen LogP contribution in [-0.4, -0.2) is 21.3 Å². The molecule has 0 heterocycles. The van der Waals surface area contributed by atoms with Gasteiger partial charge in [0.15, 0.2) is 0 Å². The number of hydrogen-bond acceptors (Lipinski definition) is 3. The van der Waals surface area contributed by atoms with E-state index in [2.05, 4.69) is 12.2 Å². The fourth-order valence-corrected chi connectivity index (χ4v) is 2.49. The molecule has 3 heteroatoms. The molecule has 1 aromatic rings. The monoisotopic (exact) mass is 235 g/mol. The molecule has 0 bridgehead atoms. The molecule has 0 radical (unpaired) electrons. The van der Waals surface area contributed by atoms with Crippen LogP contribution in [0.1, 0.15) is 31.4 Å². The van der Waals surface area contributed by atoms with Crippen molar-refractivity contribution in [1.82, 2.24) is 5.32 Å². The summed E-state index contributed by atoms with van der Waals surface area (Å²) in [7, 11) is 5.42. The third-order valence-electron chi connectivity index (χ3n) is 3.78. The summed E-state index contributed by atoms with van der Waals surface area (Å²) in [5, 5.41) is 3.41. The zero-order valence-electron chi connectivity index (χ0n) is 11.0. The van der Waals surface area contributed by atoms with Gasteiger partial charge in [0.25, 0.3) is 0 Å². The van der Waals surface area contributed by atoms with Gasteiger partial charge in [-0.15, -0.1) is 0 Å². The lowest BCUT2D eigenvalue weighted by Gasteiger charge is -2.27. The van der Waals surface area contributed by atoms with Gasteiger partial charge in [-0.25, -0.2) is 0 Å². The van der Waals surface area contributed by atoms with E-state index in [1.54, 1.807) is 14.2 Å². The molecule has 17 heavy (non-hydrogen) atoms. The van der Waals surface area contributed by atoms with Crippen molar-refractivity contribution < 1.29 is 9.47 Å². The van der Waals surface area contributed by atoms with Crippen LogP contribution in [0.5, 0.6) is 11.5 Å². The van der Waals surface area contributed by atoms with Crippen molar-refractivity contribution in [2.75, 3.05) is 21.3 Å². The topological polar surface area (TPSA) is 30.5 Å². The number of hydrogen-bond donors (Lipinski definition) is 1. The minimum absolute atomic E-state index is 0.286. The van der Waals surface area contributed by atoms with Crippen LogP contribution in [-0.2, 0) is 0 Å². The molecular formula is C14H21NO2. The number of ether oxygens (including phenoxy) is 2. The Bertz CT molecular complexity index is 377. The van der Waals surface area contributed by atoms with Crippen LogP contribution in [0.4, 0.5) is 0 Å². The van der Waals surface area contributed by atoms with Crippen LogP contribution in [0.25, 0.3) is 0 Å². The Labute approximate surface area is 103 Å². The van der Waals surface area contributed by atoms with E-state index >= 15 is 0 Å². The Hall–Kier alpha value is -1.22. The van der Waals surface area contributed by atoms with Crippen molar-refractivity contribution in [1.29, 1.82) is 0 Å². The maximum absolute atomic E-state index is 5.47. The Morgan fingerprint density at radius 2 is 1.71 bits per heavy atom. The summed E-state index contributed by atoms with van der Waals surface area (Å²) < 4.78 is 10.9. The summed E-state index contributed by atoms with van der Waals surface area (Å²) in [5.41, 5.74) is 1.47. The summed E-state index contributed by atoms with van der Waals surface area (Å²) in [5.74, 6) is 1.80. The van der Waals surface area contributed by atoms with Crippen LogP contribution in [0.15, 0.2) is 18.2 Å². The van der Waals surface area contributed by atoms with Gasteiger partial charge in [0.2, 0.25) is 0 Å². The predicted molar refractivity (Wildman–Crippen MR) is 68.7 cm³/mol. The van der Waals surface area contributed by atoms with Crippen molar-refractivity contribution in [2.24, 2.45) is 5.41 Å². The molecular weight excluding hydrogens is 214 g/mol. The first-order valence-corrected chi connectivity index (χ1v) is 6.04. The van der Waals surface area contributed by atoms with E-state index in [-0.39, 0.29) is 6.04 Å². The lowest BCUT2D eigenvalue weighted by molar-refractivity contribution is 0.334. The highest BCUT2D eigenvalue weighted by Crippen LogP contribution is 2.57. The van der Waals surface area contributed by atoms with Gasteiger partial charge in [0, 0.05) is 6.04 Å². The fourth-order valence-electron chi connectivity index (χ4n) is 2.49. The van der Waals surface area contributed by atoms with Crippen molar-refractivity contribution in [2.45, 2.75) is 25.8 Å². The largest absolute Gasteiger partial charge is 0.496 e. The molecule has 1 N–H and O–H groups in total. The van der Waals surface area contributed by atoms with E-state index in [0.717, 1.165) is 17.1 Å².